The molecule has 0 spiro atoms. The van der Waals surface area contributed by atoms with E-state index < -0.39 is 5.76 Å². The molecule has 3 atom stereocenters. The van der Waals surface area contributed by atoms with Crippen LogP contribution in [0, 0.1) is 11.8 Å². The number of alkyl halides is 2. The Kier molecular flexibility index (Phi) is 8.20. The fraction of sp³-hybridized carbons (Fsp3) is 0.417. The maximum atomic E-state index is 12.7. The van der Waals surface area contributed by atoms with Crippen LogP contribution in [0.4, 0.5) is 8.78 Å². The zero-order chi connectivity index (χ0) is 24.1. The molecule has 0 saturated heterocycles. The number of rotatable bonds is 8. The van der Waals surface area contributed by atoms with Crippen LogP contribution in [0.25, 0.3) is 17.1 Å². The third-order valence-electron chi connectivity index (χ3n) is 6.26. The molecule has 1 aliphatic carbocycles. The summed E-state index contributed by atoms with van der Waals surface area (Å²) >= 11 is 1.80. The number of aromatic nitrogens is 4. The summed E-state index contributed by atoms with van der Waals surface area (Å²) in [7, 11) is 0. The van der Waals surface area contributed by atoms with E-state index in [1.165, 1.54) is 18.2 Å². The fourth-order valence-corrected chi connectivity index (χ4v) is 5.48. The van der Waals surface area contributed by atoms with E-state index in [4.69, 9.17) is 0 Å². The summed E-state index contributed by atoms with van der Waals surface area (Å²) in [6.45, 7) is 4.44. The zero-order valence-corrected chi connectivity index (χ0v) is 20.7. The minimum atomic E-state index is -2.48. The van der Waals surface area contributed by atoms with Crippen molar-refractivity contribution in [3.63, 3.8) is 0 Å². The van der Waals surface area contributed by atoms with Gasteiger partial charge in [0.25, 0.3) is 5.76 Å². The lowest BCUT2D eigenvalue weighted by atomic mass is 9.78. The molecule has 1 aliphatic rings. The van der Waals surface area contributed by atoms with Crippen LogP contribution in [0.15, 0.2) is 58.8 Å². The predicted octanol–water partition coefficient (Wildman–Crippen LogP) is 5.68. The van der Waals surface area contributed by atoms with Crippen molar-refractivity contribution in [2.45, 2.75) is 55.0 Å². The van der Waals surface area contributed by atoms with Gasteiger partial charge in [-0.2, -0.15) is 8.78 Å². The number of thioether (sulfide) groups is 2. The number of amides is 1. The Morgan fingerprint density at radius 3 is 2.68 bits per heavy atom. The molecule has 1 N–H and O–H groups in total. The third kappa shape index (κ3) is 5.96. The second-order valence-corrected chi connectivity index (χ2v) is 10.5. The highest BCUT2D eigenvalue weighted by Crippen LogP contribution is 2.32. The fourth-order valence-electron chi connectivity index (χ4n) is 4.22. The van der Waals surface area contributed by atoms with Crippen molar-refractivity contribution >= 4 is 29.4 Å². The molecule has 1 aromatic carbocycles. The second kappa shape index (κ2) is 11.3. The molecule has 0 aliphatic heterocycles. The number of carbonyl (C=O) groups is 1. The Bertz CT molecular complexity index is 1090. The van der Waals surface area contributed by atoms with Gasteiger partial charge in [0.1, 0.15) is 0 Å². The molecule has 34 heavy (non-hydrogen) atoms. The van der Waals surface area contributed by atoms with Crippen molar-refractivity contribution in [1.29, 1.82) is 0 Å². The van der Waals surface area contributed by atoms with Gasteiger partial charge >= 0.3 is 0 Å². The van der Waals surface area contributed by atoms with E-state index in [1.807, 2.05) is 16.7 Å². The van der Waals surface area contributed by atoms with E-state index in [-0.39, 0.29) is 17.7 Å². The molecule has 0 radical (unpaired) electrons. The first-order chi connectivity index (χ1) is 16.4. The van der Waals surface area contributed by atoms with Gasteiger partial charge in [0, 0.05) is 34.6 Å². The van der Waals surface area contributed by atoms with E-state index in [9.17, 15) is 13.6 Å². The van der Waals surface area contributed by atoms with Crippen molar-refractivity contribution < 1.29 is 13.6 Å². The van der Waals surface area contributed by atoms with Crippen molar-refractivity contribution in [1.82, 2.24) is 25.1 Å². The molecule has 10 heteroatoms. The van der Waals surface area contributed by atoms with Crippen LogP contribution in [-0.4, -0.2) is 43.2 Å². The van der Waals surface area contributed by atoms with E-state index in [0.717, 1.165) is 24.1 Å². The Hall–Kier alpha value is -2.46. The molecule has 1 amide bonds. The van der Waals surface area contributed by atoms with Gasteiger partial charge in [-0.3, -0.25) is 14.3 Å². The number of hydrogen-bond acceptors (Lipinski definition) is 6. The van der Waals surface area contributed by atoms with E-state index >= 15 is 0 Å². The SMILES string of the molecule is C[C@@H]1[C@H](C)CCC[C@@H]1NC(=O)CSc1nnc(-c2cccnc2)n1-c1ccc(SC(F)F)cc1. The first-order valence-corrected chi connectivity index (χ1v) is 13.1. The smallest absolute Gasteiger partial charge is 0.288 e. The van der Waals surface area contributed by atoms with E-state index in [0.29, 0.717) is 39.5 Å². The molecule has 180 valence electrons. The number of nitrogens with one attached hydrogen (secondary N) is 1. The molecule has 0 bridgehead atoms. The van der Waals surface area contributed by atoms with Crippen LogP contribution < -0.4 is 5.32 Å². The molecule has 1 saturated carbocycles. The number of nitrogens with zero attached hydrogens (tertiary/aromatic N) is 4. The third-order valence-corrected chi connectivity index (χ3v) is 7.91. The Balaban J connectivity index is 1.54. The number of benzene rings is 1. The van der Waals surface area contributed by atoms with Gasteiger partial charge in [0.2, 0.25) is 5.91 Å². The number of hydrogen-bond donors (Lipinski definition) is 1. The lowest BCUT2D eigenvalue weighted by Crippen LogP contribution is -2.44. The monoisotopic (exact) mass is 503 g/mol. The largest absolute Gasteiger partial charge is 0.352 e. The molecule has 4 rings (SSSR count). The lowest BCUT2D eigenvalue weighted by Gasteiger charge is -2.34. The summed E-state index contributed by atoms with van der Waals surface area (Å²) in [5.41, 5.74) is 1.49. The minimum Gasteiger partial charge on any atom is -0.352 e. The topological polar surface area (TPSA) is 72.7 Å². The van der Waals surface area contributed by atoms with Gasteiger partial charge < -0.3 is 5.32 Å². The van der Waals surface area contributed by atoms with Crippen LogP contribution in [0.1, 0.15) is 33.1 Å². The van der Waals surface area contributed by atoms with Crippen LogP contribution in [0.3, 0.4) is 0 Å². The van der Waals surface area contributed by atoms with Gasteiger partial charge in [0.15, 0.2) is 11.0 Å². The Morgan fingerprint density at radius 2 is 1.97 bits per heavy atom. The molecule has 0 unspecified atom stereocenters. The summed E-state index contributed by atoms with van der Waals surface area (Å²) in [6, 6.07) is 10.7. The molecule has 2 aromatic heterocycles. The maximum absolute atomic E-state index is 12.7. The van der Waals surface area contributed by atoms with E-state index in [1.54, 1.807) is 36.7 Å². The average Bonchev–Trinajstić information content (AvgIpc) is 3.25. The van der Waals surface area contributed by atoms with Gasteiger partial charge in [-0.05, 0) is 54.7 Å². The van der Waals surface area contributed by atoms with Crippen LogP contribution >= 0.6 is 23.5 Å². The second-order valence-electron chi connectivity index (χ2n) is 8.49. The van der Waals surface area contributed by atoms with Gasteiger partial charge in [-0.15, -0.1) is 10.2 Å². The van der Waals surface area contributed by atoms with Crippen LogP contribution in [0.5, 0.6) is 0 Å². The van der Waals surface area contributed by atoms with Crippen molar-refractivity contribution in [3.05, 3.63) is 48.8 Å². The molecule has 1 fully saturated rings. The maximum Gasteiger partial charge on any atom is 0.288 e. The molecular weight excluding hydrogens is 476 g/mol. The summed E-state index contributed by atoms with van der Waals surface area (Å²) in [5, 5.41) is 12.4. The molecule has 2 heterocycles. The van der Waals surface area contributed by atoms with Gasteiger partial charge in [-0.1, -0.05) is 50.2 Å². The van der Waals surface area contributed by atoms with Crippen molar-refractivity contribution in [2.24, 2.45) is 11.8 Å². The van der Waals surface area contributed by atoms with Gasteiger partial charge in [0.05, 0.1) is 5.75 Å². The minimum absolute atomic E-state index is 0.0305. The normalized spacial score (nSPS) is 20.4. The number of pyridine rings is 1. The quantitative estimate of drug-likeness (QED) is 0.399. The Morgan fingerprint density at radius 1 is 1.18 bits per heavy atom. The zero-order valence-electron chi connectivity index (χ0n) is 19.0. The van der Waals surface area contributed by atoms with Crippen molar-refractivity contribution in [2.75, 3.05) is 5.75 Å². The number of halogens is 2. The predicted molar refractivity (Wildman–Crippen MR) is 131 cm³/mol. The highest BCUT2D eigenvalue weighted by molar-refractivity contribution is 8.00. The average molecular weight is 504 g/mol. The lowest BCUT2D eigenvalue weighted by molar-refractivity contribution is -0.120. The first kappa shape index (κ1) is 24.7. The first-order valence-electron chi connectivity index (χ1n) is 11.3. The molecular formula is C24H27F2N5OS2. The standard InChI is InChI=1S/C24H27F2N5OS2/c1-15-5-3-7-20(16(15)2)28-21(32)14-33-24-30-29-22(17-6-4-12-27-13-17)31(24)18-8-10-19(11-9-18)34-23(25)26/h4,6,8-13,15-16,20,23H,3,5,7,14H2,1-2H3,(H,28,32)/t15-,16-,20+/m1/s1. The van der Waals surface area contributed by atoms with Crippen molar-refractivity contribution in [3.8, 4) is 17.1 Å². The highest BCUT2D eigenvalue weighted by Gasteiger charge is 2.28. The summed E-state index contributed by atoms with van der Waals surface area (Å²) in [5.74, 6) is -0.679. The summed E-state index contributed by atoms with van der Waals surface area (Å²) in [6.07, 6.45) is 6.71. The number of carbonyl (C=O) groups excluding carboxylic acids is 1. The van der Waals surface area contributed by atoms with Crippen LogP contribution in [0.2, 0.25) is 0 Å². The van der Waals surface area contributed by atoms with Gasteiger partial charge in [-0.25, -0.2) is 0 Å². The van der Waals surface area contributed by atoms with Crippen LogP contribution in [-0.2, 0) is 4.79 Å². The summed E-state index contributed by atoms with van der Waals surface area (Å²) < 4.78 is 27.3. The Labute approximate surface area is 206 Å². The molecule has 6 nitrogen and oxygen atoms in total. The molecule has 3 aromatic rings. The highest BCUT2D eigenvalue weighted by atomic mass is 32.2. The summed E-state index contributed by atoms with van der Waals surface area (Å²) in [4.78, 5) is 17.4. The van der Waals surface area contributed by atoms with E-state index in [2.05, 4.69) is 34.3 Å².